The minimum absolute atomic E-state index is 0.579. The van der Waals surface area contributed by atoms with E-state index in [0.29, 0.717) is 6.54 Å². The van der Waals surface area contributed by atoms with E-state index in [9.17, 15) is 0 Å². The van der Waals surface area contributed by atoms with Crippen LogP contribution in [-0.4, -0.2) is 5.25 Å². The standard InChI is InChI=1S/C12H16ClNS/c13-11-7-3-4-9(8-14)12(11)15-10-5-1-2-6-10/h3-4,7,10H,1-2,5-6,8,14H2. The van der Waals surface area contributed by atoms with Gasteiger partial charge in [0.1, 0.15) is 0 Å². The second-order valence-electron chi connectivity index (χ2n) is 3.96. The lowest BCUT2D eigenvalue weighted by atomic mass is 10.2. The number of hydrogen-bond donors (Lipinski definition) is 1. The Bertz CT molecular complexity index is 334. The van der Waals surface area contributed by atoms with Crippen LogP contribution in [0.2, 0.25) is 5.02 Å². The van der Waals surface area contributed by atoms with Gasteiger partial charge in [-0.1, -0.05) is 36.6 Å². The number of thioether (sulfide) groups is 1. The molecule has 0 aromatic heterocycles. The third kappa shape index (κ3) is 2.68. The van der Waals surface area contributed by atoms with E-state index in [-0.39, 0.29) is 0 Å². The number of nitrogens with two attached hydrogens (primary N) is 1. The second kappa shape index (κ2) is 5.24. The highest BCUT2D eigenvalue weighted by atomic mass is 35.5. The highest BCUT2D eigenvalue weighted by Gasteiger charge is 2.18. The van der Waals surface area contributed by atoms with Crippen molar-refractivity contribution < 1.29 is 0 Å². The summed E-state index contributed by atoms with van der Waals surface area (Å²) in [6.45, 7) is 0.579. The molecule has 2 N–H and O–H groups in total. The van der Waals surface area contributed by atoms with Gasteiger partial charge in [-0.05, 0) is 24.5 Å². The van der Waals surface area contributed by atoms with Gasteiger partial charge < -0.3 is 5.73 Å². The van der Waals surface area contributed by atoms with Gasteiger partial charge in [-0.15, -0.1) is 11.8 Å². The first-order valence-electron chi connectivity index (χ1n) is 5.45. The number of hydrogen-bond acceptors (Lipinski definition) is 2. The molecule has 0 aliphatic heterocycles. The van der Waals surface area contributed by atoms with Gasteiger partial charge in [0.05, 0.1) is 5.02 Å². The van der Waals surface area contributed by atoms with Gasteiger partial charge in [-0.25, -0.2) is 0 Å². The zero-order chi connectivity index (χ0) is 10.7. The molecule has 1 aliphatic carbocycles. The molecule has 82 valence electrons. The van der Waals surface area contributed by atoms with E-state index >= 15 is 0 Å². The lowest BCUT2D eigenvalue weighted by Gasteiger charge is -2.13. The minimum atomic E-state index is 0.579. The van der Waals surface area contributed by atoms with Crippen LogP contribution >= 0.6 is 23.4 Å². The summed E-state index contributed by atoms with van der Waals surface area (Å²) in [5, 5.41) is 1.60. The van der Waals surface area contributed by atoms with Crippen molar-refractivity contribution in [3.05, 3.63) is 28.8 Å². The van der Waals surface area contributed by atoms with Gasteiger partial charge >= 0.3 is 0 Å². The number of benzene rings is 1. The van der Waals surface area contributed by atoms with Crippen molar-refractivity contribution >= 4 is 23.4 Å². The predicted molar refractivity (Wildman–Crippen MR) is 67.5 cm³/mol. The number of rotatable bonds is 3. The van der Waals surface area contributed by atoms with Crippen LogP contribution in [0.1, 0.15) is 31.2 Å². The molecule has 3 heteroatoms. The summed E-state index contributed by atoms with van der Waals surface area (Å²) in [5.41, 5.74) is 6.90. The molecule has 1 fully saturated rings. The zero-order valence-electron chi connectivity index (χ0n) is 8.71. The summed E-state index contributed by atoms with van der Waals surface area (Å²) < 4.78 is 0. The molecule has 2 rings (SSSR count). The molecule has 0 bridgehead atoms. The molecule has 0 spiro atoms. The molecular weight excluding hydrogens is 226 g/mol. The van der Waals surface area contributed by atoms with Crippen molar-refractivity contribution in [3.63, 3.8) is 0 Å². The monoisotopic (exact) mass is 241 g/mol. The van der Waals surface area contributed by atoms with Crippen molar-refractivity contribution in [3.8, 4) is 0 Å². The fourth-order valence-corrected chi connectivity index (χ4v) is 3.73. The van der Waals surface area contributed by atoms with E-state index < -0.39 is 0 Å². The molecule has 0 unspecified atom stereocenters. The smallest absolute Gasteiger partial charge is 0.0545 e. The van der Waals surface area contributed by atoms with Crippen molar-refractivity contribution in [2.45, 2.75) is 42.4 Å². The van der Waals surface area contributed by atoms with Gasteiger partial charge in [-0.2, -0.15) is 0 Å². The molecular formula is C12H16ClNS. The predicted octanol–water partition coefficient (Wildman–Crippen LogP) is 3.83. The van der Waals surface area contributed by atoms with Crippen LogP contribution in [0.25, 0.3) is 0 Å². The van der Waals surface area contributed by atoms with Crippen LogP contribution < -0.4 is 5.73 Å². The molecule has 0 radical (unpaired) electrons. The Morgan fingerprint density at radius 3 is 2.73 bits per heavy atom. The van der Waals surface area contributed by atoms with Gasteiger partial charge in [0.15, 0.2) is 0 Å². The average Bonchev–Trinajstić information content (AvgIpc) is 2.74. The van der Waals surface area contributed by atoms with Crippen molar-refractivity contribution in [1.29, 1.82) is 0 Å². The summed E-state index contributed by atoms with van der Waals surface area (Å²) in [6, 6.07) is 6.00. The van der Waals surface area contributed by atoms with Crippen LogP contribution in [0.5, 0.6) is 0 Å². The quantitative estimate of drug-likeness (QED) is 0.871. The van der Waals surface area contributed by atoms with E-state index in [4.69, 9.17) is 17.3 Å². The first kappa shape index (κ1) is 11.3. The van der Waals surface area contributed by atoms with Crippen molar-refractivity contribution in [2.24, 2.45) is 5.73 Å². The molecule has 1 nitrogen and oxygen atoms in total. The lowest BCUT2D eigenvalue weighted by Crippen LogP contribution is -2.01. The maximum Gasteiger partial charge on any atom is 0.0545 e. The van der Waals surface area contributed by atoms with Gasteiger partial charge in [0.25, 0.3) is 0 Å². The molecule has 0 atom stereocenters. The maximum absolute atomic E-state index is 6.21. The summed E-state index contributed by atoms with van der Waals surface area (Å²) in [5.74, 6) is 0. The second-order valence-corrected chi connectivity index (χ2v) is 5.67. The Hall–Kier alpha value is -0.180. The molecule has 1 aliphatic rings. The third-order valence-corrected chi connectivity index (χ3v) is 4.80. The summed E-state index contributed by atoms with van der Waals surface area (Å²) in [7, 11) is 0. The molecule has 0 amide bonds. The fraction of sp³-hybridized carbons (Fsp3) is 0.500. The van der Waals surface area contributed by atoms with E-state index in [2.05, 4.69) is 6.07 Å². The lowest BCUT2D eigenvalue weighted by molar-refractivity contribution is 0.886. The van der Waals surface area contributed by atoms with E-state index in [1.54, 1.807) is 0 Å². The zero-order valence-corrected chi connectivity index (χ0v) is 10.3. The first-order chi connectivity index (χ1) is 7.31. The maximum atomic E-state index is 6.21. The Kier molecular flexibility index (Phi) is 3.95. The van der Waals surface area contributed by atoms with Gasteiger partial charge in [-0.3, -0.25) is 0 Å². The summed E-state index contributed by atoms with van der Waals surface area (Å²) >= 11 is 8.13. The van der Waals surface area contributed by atoms with E-state index in [0.717, 1.165) is 10.3 Å². The average molecular weight is 242 g/mol. The SMILES string of the molecule is NCc1cccc(Cl)c1SC1CCCC1. The number of halogens is 1. The fourth-order valence-electron chi connectivity index (χ4n) is 2.02. The van der Waals surface area contributed by atoms with Crippen molar-refractivity contribution in [2.75, 3.05) is 0 Å². The molecule has 0 heterocycles. The Morgan fingerprint density at radius 1 is 1.33 bits per heavy atom. The Balaban J connectivity index is 2.17. The first-order valence-corrected chi connectivity index (χ1v) is 6.71. The summed E-state index contributed by atoms with van der Waals surface area (Å²) in [6.07, 6.45) is 5.36. The van der Waals surface area contributed by atoms with Crippen molar-refractivity contribution in [1.82, 2.24) is 0 Å². The molecule has 15 heavy (non-hydrogen) atoms. The topological polar surface area (TPSA) is 26.0 Å². The minimum Gasteiger partial charge on any atom is -0.326 e. The molecule has 1 aromatic carbocycles. The Morgan fingerprint density at radius 2 is 2.07 bits per heavy atom. The van der Waals surface area contributed by atoms with E-state index in [1.165, 1.54) is 36.1 Å². The normalized spacial score (nSPS) is 17.2. The van der Waals surface area contributed by atoms with Crippen LogP contribution in [0, 0.1) is 0 Å². The van der Waals surface area contributed by atoms with Crippen LogP contribution in [0.3, 0.4) is 0 Å². The molecule has 1 saturated carbocycles. The van der Waals surface area contributed by atoms with E-state index in [1.807, 2.05) is 23.9 Å². The van der Waals surface area contributed by atoms with Crippen LogP contribution in [0.4, 0.5) is 0 Å². The Labute approximate surface area is 100 Å². The molecule has 0 saturated heterocycles. The van der Waals surface area contributed by atoms with Gasteiger partial charge in [0, 0.05) is 16.7 Å². The highest BCUT2D eigenvalue weighted by Crippen LogP contribution is 2.39. The summed E-state index contributed by atoms with van der Waals surface area (Å²) in [4.78, 5) is 1.20. The van der Waals surface area contributed by atoms with Crippen LogP contribution in [0.15, 0.2) is 23.1 Å². The largest absolute Gasteiger partial charge is 0.326 e. The molecule has 1 aromatic rings. The van der Waals surface area contributed by atoms with Crippen LogP contribution in [-0.2, 0) is 6.54 Å². The highest BCUT2D eigenvalue weighted by molar-refractivity contribution is 8.00. The van der Waals surface area contributed by atoms with Gasteiger partial charge in [0.2, 0.25) is 0 Å². The third-order valence-electron chi connectivity index (χ3n) is 2.86.